The van der Waals surface area contributed by atoms with Crippen LogP contribution in [0.3, 0.4) is 0 Å². The van der Waals surface area contributed by atoms with E-state index in [2.05, 4.69) is 36.0 Å². The Morgan fingerprint density at radius 2 is 1.77 bits per heavy atom. The maximum Gasteiger partial charge on any atom is 0.446 e. The SMILES string of the molecule is Cc1c(-c2cc(Br)c(O)c(Br)c2)oc2c(OS(=O)(=O)O)cccc2c1=O. The molecule has 10 heteroatoms. The monoisotopic (exact) mass is 504 g/mol. The minimum absolute atomic E-state index is 0.0232. The van der Waals surface area contributed by atoms with Crippen LogP contribution in [0.2, 0.25) is 0 Å². The Bertz CT molecular complexity index is 1180. The maximum absolute atomic E-state index is 12.7. The molecule has 0 saturated carbocycles. The topological polar surface area (TPSA) is 114 Å². The van der Waals surface area contributed by atoms with Crippen LogP contribution in [-0.4, -0.2) is 18.1 Å². The highest BCUT2D eigenvalue weighted by molar-refractivity contribution is 9.11. The van der Waals surface area contributed by atoms with E-state index in [0.717, 1.165) is 0 Å². The van der Waals surface area contributed by atoms with E-state index in [4.69, 9.17) is 8.97 Å². The highest BCUT2D eigenvalue weighted by Crippen LogP contribution is 2.38. The zero-order valence-corrected chi connectivity index (χ0v) is 17.0. The normalized spacial score (nSPS) is 11.7. The average molecular weight is 506 g/mol. The van der Waals surface area contributed by atoms with E-state index in [0.29, 0.717) is 14.5 Å². The smallest absolute Gasteiger partial charge is 0.446 e. The largest absolute Gasteiger partial charge is 0.506 e. The molecule has 2 aromatic carbocycles. The molecule has 0 aliphatic rings. The fourth-order valence-corrected chi connectivity index (χ4v) is 3.98. The summed E-state index contributed by atoms with van der Waals surface area (Å²) in [5, 5.41) is 9.95. The third-order valence-electron chi connectivity index (χ3n) is 3.58. The fourth-order valence-electron chi connectivity index (χ4n) is 2.43. The van der Waals surface area contributed by atoms with E-state index in [1.165, 1.54) is 18.2 Å². The quantitative estimate of drug-likeness (QED) is 0.513. The van der Waals surface area contributed by atoms with Crippen molar-refractivity contribution in [2.45, 2.75) is 6.92 Å². The highest BCUT2D eigenvalue weighted by atomic mass is 79.9. The summed E-state index contributed by atoms with van der Waals surface area (Å²) in [4.78, 5) is 12.7. The van der Waals surface area contributed by atoms with Gasteiger partial charge in [0, 0.05) is 11.1 Å². The van der Waals surface area contributed by atoms with Crippen molar-refractivity contribution in [1.82, 2.24) is 0 Å². The lowest BCUT2D eigenvalue weighted by Gasteiger charge is -2.11. The first kappa shape index (κ1) is 18.9. The third-order valence-corrected chi connectivity index (χ3v) is 5.18. The molecule has 0 saturated heterocycles. The van der Waals surface area contributed by atoms with E-state index < -0.39 is 10.4 Å². The van der Waals surface area contributed by atoms with E-state index >= 15 is 0 Å². The van der Waals surface area contributed by atoms with Gasteiger partial charge in [0.2, 0.25) is 0 Å². The second kappa shape index (κ2) is 6.69. The average Bonchev–Trinajstić information content (AvgIpc) is 2.54. The molecule has 26 heavy (non-hydrogen) atoms. The Morgan fingerprint density at radius 3 is 2.35 bits per heavy atom. The van der Waals surface area contributed by atoms with Gasteiger partial charge in [0.15, 0.2) is 16.8 Å². The van der Waals surface area contributed by atoms with Gasteiger partial charge in [-0.25, -0.2) is 0 Å². The summed E-state index contributed by atoms with van der Waals surface area (Å²) < 4.78 is 42.0. The van der Waals surface area contributed by atoms with Crippen LogP contribution in [0, 0.1) is 6.92 Å². The summed E-state index contributed by atoms with van der Waals surface area (Å²) >= 11 is 6.41. The minimum Gasteiger partial charge on any atom is -0.506 e. The molecule has 0 bridgehead atoms. The number of phenolic OH excluding ortho intramolecular Hbond substituents is 1. The lowest BCUT2D eigenvalue weighted by Crippen LogP contribution is -2.10. The fraction of sp³-hybridized carbons (Fsp3) is 0.0625. The zero-order chi connectivity index (χ0) is 19.2. The van der Waals surface area contributed by atoms with Gasteiger partial charge in [-0.1, -0.05) is 6.07 Å². The van der Waals surface area contributed by atoms with Crippen molar-refractivity contribution < 1.29 is 26.7 Å². The molecular formula is C16H10Br2O7S. The minimum atomic E-state index is -4.80. The Hall–Kier alpha value is -1.88. The van der Waals surface area contributed by atoms with Crippen LogP contribution < -0.4 is 9.61 Å². The van der Waals surface area contributed by atoms with E-state index in [1.54, 1.807) is 19.1 Å². The number of halogens is 2. The first-order valence-electron chi connectivity index (χ1n) is 7.00. The molecule has 0 unspecified atom stereocenters. The molecule has 0 atom stereocenters. The van der Waals surface area contributed by atoms with Gasteiger partial charge in [-0.3, -0.25) is 9.35 Å². The Balaban J connectivity index is 2.36. The van der Waals surface area contributed by atoms with Crippen LogP contribution in [0.15, 0.2) is 48.5 Å². The summed E-state index contributed by atoms with van der Waals surface area (Å²) in [6.45, 7) is 1.56. The second-order valence-electron chi connectivity index (χ2n) is 5.32. The van der Waals surface area contributed by atoms with Gasteiger partial charge >= 0.3 is 10.4 Å². The summed E-state index contributed by atoms with van der Waals surface area (Å²) in [6.07, 6.45) is 0. The lowest BCUT2D eigenvalue weighted by molar-refractivity contribution is 0.385. The van der Waals surface area contributed by atoms with Gasteiger partial charge in [-0.15, -0.1) is 0 Å². The number of phenols is 1. The molecule has 1 heterocycles. The van der Waals surface area contributed by atoms with Crippen LogP contribution in [0.5, 0.6) is 11.5 Å². The first-order valence-corrected chi connectivity index (χ1v) is 9.95. The number of aromatic hydroxyl groups is 1. The summed E-state index contributed by atoms with van der Waals surface area (Å²) in [6, 6.07) is 7.21. The molecule has 0 aliphatic carbocycles. The van der Waals surface area contributed by atoms with Crippen LogP contribution in [0.25, 0.3) is 22.3 Å². The highest BCUT2D eigenvalue weighted by Gasteiger charge is 2.19. The lowest BCUT2D eigenvalue weighted by atomic mass is 10.1. The summed E-state index contributed by atoms with van der Waals surface area (Å²) in [7, 11) is -4.80. The molecular weight excluding hydrogens is 496 g/mol. The predicted molar refractivity (Wildman–Crippen MR) is 102 cm³/mol. The maximum atomic E-state index is 12.7. The summed E-state index contributed by atoms with van der Waals surface area (Å²) in [5.41, 5.74) is 0.226. The molecule has 7 nitrogen and oxygen atoms in total. The van der Waals surface area contributed by atoms with Crippen LogP contribution in [0.4, 0.5) is 0 Å². The first-order chi connectivity index (χ1) is 12.1. The van der Waals surface area contributed by atoms with Gasteiger partial charge in [0.25, 0.3) is 0 Å². The van der Waals surface area contributed by atoms with Gasteiger partial charge in [0.05, 0.1) is 14.3 Å². The van der Waals surface area contributed by atoms with Gasteiger partial charge in [-0.2, -0.15) is 8.42 Å². The molecule has 2 N–H and O–H groups in total. The predicted octanol–water partition coefficient (Wildman–Crippen LogP) is 4.18. The molecule has 0 aliphatic heterocycles. The third kappa shape index (κ3) is 3.50. The standard InChI is InChI=1S/C16H10Br2O7S/c1-7-13(19)9-3-2-4-12(25-26(21,22)23)16(9)24-15(7)8-5-10(17)14(20)11(18)6-8/h2-6,20H,1H3,(H,21,22,23). The van der Waals surface area contributed by atoms with Crippen LogP contribution in [0.1, 0.15) is 5.56 Å². The molecule has 0 spiro atoms. The van der Waals surface area contributed by atoms with Gasteiger partial charge in [-0.05, 0) is 63.0 Å². The molecule has 136 valence electrons. The summed E-state index contributed by atoms with van der Waals surface area (Å²) in [5.74, 6) is -0.180. The number of rotatable bonds is 3. The molecule has 1 aromatic heterocycles. The van der Waals surface area contributed by atoms with Crippen molar-refractivity contribution in [3.05, 3.63) is 55.1 Å². The number of hydrogen-bond donors (Lipinski definition) is 2. The Kier molecular flexibility index (Phi) is 4.86. The Labute approximate surface area is 164 Å². The van der Waals surface area contributed by atoms with Crippen molar-refractivity contribution in [2.24, 2.45) is 0 Å². The van der Waals surface area contributed by atoms with Crippen molar-refractivity contribution in [2.75, 3.05) is 0 Å². The molecule has 3 aromatic rings. The van der Waals surface area contributed by atoms with Crippen LogP contribution >= 0.6 is 31.9 Å². The van der Waals surface area contributed by atoms with Crippen molar-refractivity contribution >= 4 is 53.2 Å². The molecule has 3 rings (SSSR count). The number of benzene rings is 2. The molecule has 0 radical (unpaired) electrons. The Morgan fingerprint density at radius 1 is 1.15 bits per heavy atom. The van der Waals surface area contributed by atoms with Gasteiger partial charge in [0.1, 0.15) is 11.5 Å². The second-order valence-corrected chi connectivity index (χ2v) is 8.05. The van der Waals surface area contributed by atoms with E-state index in [-0.39, 0.29) is 39.2 Å². The van der Waals surface area contributed by atoms with Gasteiger partial charge < -0.3 is 13.7 Å². The van der Waals surface area contributed by atoms with Crippen LogP contribution in [-0.2, 0) is 10.4 Å². The number of fused-ring (bicyclic) bond motifs is 1. The van der Waals surface area contributed by atoms with E-state index in [9.17, 15) is 18.3 Å². The van der Waals surface area contributed by atoms with Crippen molar-refractivity contribution in [3.63, 3.8) is 0 Å². The zero-order valence-electron chi connectivity index (χ0n) is 13.0. The van der Waals surface area contributed by atoms with Crippen molar-refractivity contribution in [3.8, 4) is 22.8 Å². The number of hydrogen-bond acceptors (Lipinski definition) is 6. The van der Waals surface area contributed by atoms with Crippen molar-refractivity contribution in [1.29, 1.82) is 0 Å². The van der Waals surface area contributed by atoms with E-state index in [1.807, 2.05) is 0 Å². The molecule has 0 amide bonds. The number of para-hydroxylation sites is 1. The molecule has 0 fully saturated rings.